The topological polar surface area (TPSA) is 72.8 Å². The molecule has 0 saturated heterocycles. The van der Waals surface area contributed by atoms with Gasteiger partial charge < -0.3 is 9.47 Å². The third kappa shape index (κ3) is 5.66. The lowest BCUT2D eigenvalue weighted by Crippen LogP contribution is -2.19. The standard InChI is InChI=1S/C24H21N3O3S2/c1-29-20-12-7-10-18(23(20)30-15-17-8-3-2-4-9-17)14-25-27-22(28)16-31-24-26-19-11-5-6-13-21(19)32-24/h2-14H,15-16H2,1H3,(H,27,28)/b25-14-. The summed E-state index contributed by atoms with van der Waals surface area (Å²) in [7, 11) is 1.59. The molecule has 1 heterocycles. The van der Waals surface area contributed by atoms with Crippen molar-refractivity contribution in [2.75, 3.05) is 12.9 Å². The molecule has 0 unspecified atom stereocenters. The van der Waals surface area contributed by atoms with Gasteiger partial charge >= 0.3 is 0 Å². The Morgan fingerprint density at radius 3 is 2.72 bits per heavy atom. The van der Waals surface area contributed by atoms with Crippen molar-refractivity contribution in [2.45, 2.75) is 10.9 Å². The molecule has 4 rings (SSSR count). The number of amides is 1. The molecule has 0 aliphatic carbocycles. The number of hydrogen-bond donors (Lipinski definition) is 1. The van der Waals surface area contributed by atoms with Crippen molar-refractivity contribution >= 4 is 45.4 Å². The van der Waals surface area contributed by atoms with Gasteiger partial charge in [-0.05, 0) is 29.8 Å². The average molecular weight is 464 g/mol. The van der Waals surface area contributed by atoms with Crippen LogP contribution in [0.25, 0.3) is 10.2 Å². The van der Waals surface area contributed by atoms with Gasteiger partial charge in [-0.15, -0.1) is 11.3 Å². The Bertz CT molecular complexity index is 1190. The number of nitrogens with one attached hydrogen (secondary N) is 1. The minimum atomic E-state index is -0.208. The average Bonchev–Trinajstić information content (AvgIpc) is 3.25. The first-order chi connectivity index (χ1) is 15.7. The third-order valence-corrected chi connectivity index (χ3v) is 6.63. The van der Waals surface area contributed by atoms with E-state index >= 15 is 0 Å². The number of ether oxygens (including phenoxy) is 2. The van der Waals surface area contributed by atoms with E-state index in [0.717, 1.165) is 20.1 Å². The fourth-order valence-corrected chi connectivity index (χ4v) is 4.79. The summed E-state index contributed by atoms with van der Waals surface area (Å²) in [5.41, 5.74) is 5.26. The van der Waals surface area contributed by atoms with Crippen molar-refractivity contribution in [3.05, 3.63) is 83.9 Å². The number of hydrazone groups is 1. The number of nitrogens with zero attached hydrogens (tertiary/aromatic N) is 2. The molecule has 4 aromatic rings. The highest BCUT2D eigenvalue weighted by atomic mass is 32.2. The van der Waals surface area contributed by atoms with E-state index in [2.05, 4.69) is 15.5 Å². The van der Waals surface area contributed by atoms with Gasteiger partial charge in [0.05, 0.1) is 29.3 Å². The number of methoxy groups -OCH3 is 1. The van der Waals surface area contributed by atoms with E-state index in [4.69, 9.17) is 9.47 Å². The van der Waals surface area contributed by atoms with Gasteiger partial charge in [-0.1, -0.05) is 60.3 Å². The highest BCUT2D eigenvalue weighted by Crippen LogP contribution is 2.31. The summed E-state index contributed by atoms with van der Waals surface area (Å²) in [6, 6.07) is 23.3. The third-order valence-electron chi connectivity index (χ3n) is 4.45. The lowest BCUT2D eigenvalue weighted by molar-refractivity contribution is -0.118. The first-order valence-corrected chi connectivity index (χ1v) is 11.7. The predicted molar refractivity (Wildman–Crippen MR) is 130 cm³/mol. The number of carbonyl (C=O) groups excluding carboxylic acids is 1. The number of benzene rings is 3. The zero-order valence-electron chi connectivity index (χ0n) is 17.4. The number of thioether (sulfide) groups is 1. The van der Waals surface area contributed by atoms with E-state index in [1.165, 1.54) is 11.8 Å². The van der Waals surface area contributed by atoms with Gasteiger partial charge in [-0.3, -0.25) is 4.79 Å². The van der Waals surface area contributed by atoms with Crippen molar-refractivity contribution in [3.63, 3.8) is 0 Å². The fourth-order valence-electron chi connectivity index (χ4n) is 2.93. The molecule has 0 spiro atoms. The Morgan fingerprint density at radius 2 is 1.91 bits per heavy atom. The maximum Gasteiger partial charge on any atom is 0.250 e. The molecule has 0 aliphatic rings. The summed E-state index contributed by atoms with van der Waals surface area (Å²) in [4.78, 5) is 16.7. The predicted octanol–water partition coefficient (Wildman–Crippen LogP) is 5.13. The first-order valence-electron chi connectivity index (χ1n) is 9.87. The van der Waals surface area contributed by atoms with Crippen LogP contribution in [-0.2, 0) is 11.4 Å². The fraction of sp³-hybridized carbons (Fsp3) is 0.125. The monoisotopic (exact) mass is 463 g/mol. The lowest BCUT2D eigenvalue weighted by Gasteiger charge is -2.13. The minimum Gasteiger partial charge on any atom is -0.493 e. The van der Waals surface area contributed by atoms with Crippen LogP contribution >= 0.6 is 23.1 Å². The zero-order chi connectivity index (χ0) is 22.2. The number of aromatic nitrogens is 1. The molecule has 1 amide bonds. The maximum absolute atomic E-state index is 12.2. The van der Waals surface area contributed by atoms with Crippen LogP contribution in [0, 0.1) is 0 Å². The van der Waals surface area contributed by atoms with Gasteiger partial charge in [0.1, 0.15) is 6.61 Å². The van der Waals surface area contributed by atoms with Gasteiger partial charge in [-0.2, -0.15) is 5.10 Å². The molecule has 1 aromatic heterocycles. The van der Waals surface area contributed by atoms with E-state index in [9.17, 15) is 4.79 Å². The normalized spacial score (nSPS) is 11.0. The molecule has 0 aliphatic heterocycles. The van der Waals surface area contributed by atoms with E-state index < -0.39 is 0 Å². The number of thiazole rings is 1. The van der Waals surface area contributed by atoms with Crippen LogP contribution in [0.2, 0.25) is 0 Å². The van der Waals surface area contributed by atoms with Crippen LogP contribution in [-0.4, -0.2) is 30.0 Å². The Kier molecular flexibility index (Phi) is 7.37. The van der Waals surface area contributed by atoms with Crippen LogP contribution in [0.15, 0.2) is 82.2 Å². The molecule has 8 heteroatoms. The van der Waals surface area contributed by atoms with Gasteiger partial charge in [0.15, 0.2) is 15.8 Å². The number of hydrogen-bond acceptors (Lipinski definition) is 7. The van der Waals surface area contributed by atoms with E-state index in [1.807, 2.05) is 72.8 Å². The van der Waals surface area contributed by atoms with Crippen molar-refractivity contribution in [2.24, 2.45) is 5.10 Å². The van der Waals surface area contributed by atoms with Crippen molar-refractivity contribution in [3.8, 4) is 11.5 Å². The number of carbonyl (C=O) groups is 1. The Morgan fingerprint density at radius 1 is 1.09 bits per heavy atom. The van der Waals surface area contributed by atoms with E-state index in [-0.39, 0.29) is 11.7 Å². The molecule has 0 atom stereocenters. The van der Waals surface area contributed by atoms with Crippen LogP contribution in [0.1, 0.15) is 11.1 Å². The van der Waals surface area contributed by atoms with Crippen molar-refractivity contribution < 1.29 is 14.3 Å². The van der Waals surface area contributed by atoms with Gasteiger partial charge in [0, 0.05) is 5.56 Å². The summed E-state index contributed by atoms with van der Waals surface area (Å²) in [5.74, 6) is 1.19. The smallest absolute Gasteiger partial charge is 0.250 e. The second kappa shape index (κ2) is 10.8. The summed E-state index contributed by atoms with van der Waals surface area (Å²) < 4.78 is 13.4. The molecule has 162 valence electrons. The second-order valence-corrected chi connectivity index (χ2v) is 8.94. The quantitative estimate of drug-likeness (QED) is 0.212. The number of para-hydroxylation sites is 2. The molecule has 0 radical (unpaired) electrons. The summed E-state index contributed by atoms with van der Waals surface area (Å²) in [6.45, 7) is 0.396. The van der Waals surface area contributed by atoms with Gasteiger partial charge in [-0.25, -0.2) is 10.4 Å². The zero-order valence-corrected chi connectivity index (χ0v) is 19.0. The lowest BCUT2D eigenvalue weighted by atomic mass is 10.2. The Labute approximate surface area is 194 Å². The van der Waals surface area contributed by atoms with Crippen LogP contribution in [0.4, 0.5) is 0 Å². The van der Waals surface area contributed by atoms with Crippen LogP contribution in [0.5, 0.6) is 11.5 Å². The van der Waals surface area contributed by atoms with Crippen molar-refractivity contribution in [1.29, 1.82) is 0 Å². The van der Waals surface area contributed by atoms with Crippen LogP contribution < -0.4 is 14.9 Å². The molecular weight excluding hydrogens is 442 g/mol. The summed E-state index contributed by atoms with van der Waals surface area (Å²) in [6.07, 6.45) is 1.56. The molecule has 6 nitrogen and oxygen atoms in total. The number of fused-ring (bicyclic) bond motifs is 1. The molecule has 32 heavy (non-hydrogen) atoms. The molecule has 0 saturated carbocycles. The molecule has 0 fully saturated rings. The highest BCUT2D eigenvalue weighted by molar-refractivity contribution is 8.01. The molecular formula is C24H21N3O3S2. The highest BCUT2D eigenvalue weighted by Gasteiger charge is 2.10. The SMILES string of the molecule is COc1cccc(/C=N\NC(=O)CSc2nc3ccccc3s2)c1OCc1ccccc1. The summed E-state index contributed by atoms with van der Waals surface area (Å²) >= 11 is 2.96. The van der Waals surface area contributed by atoms with E-state index in [0.29, 0.717) is 23.7 Å². The molecule has 3 aromatic carbocycles. The van der Waals surface area contributed by atoms with Crippen molar-refractivity contribution in [1.82, 2.24) is 10.4 Å². The molecule has 0 bridgehead atoms. The van der Waals surface area contributed by atoms with Gasteiger partial charge in [0.25, 0.3) is 5.91 Å². The minimum absolute atomic E-state index is 0.208. The molecule has 1 N–H and O–H groups in total. The Balaban J connectivity index is 1.36. The number of rotatable bonds is 9. The summed E-state index contributed by atoms with van der Waals surface area (Å²) in [5, 5.41) is 4.10. The van der Waals surface area contributed by atoms with Gasteiger partial charge in [0.2, 0.25) is 0 Å². The largest absolute Gasteiger partial charge is 0.493 e. The first kappa shape index (κ1) is 21.9. The maximum atomic E-state index is 12.2. The van der Waals surface area contributed by atoms with E-state index in [1.54, 1.807) is 24.7 Å². The second-order valence-electron chi connectivity index (χ2n) is 6.68. The Hall–Kier alpha value is -3.36. The van der Waals surface area contributed by atoms with Crippen LogP contribution in [0.3, 0.4) is 0 Å².